The standard InChI is InChI=1S/C78H152O17P2/c1-68(2)54-46-38-30-24-18-12-9-10-14-22-28-34-44-52-60-78(83)95-74(65-89-76(81)59-51-43-37-36-41-49-57-71(7)8)67-93-97(86,87)91-63-72(79)62-90-96(84,85)92-66-73(94-77(82)61-53-45-35-29-23-17-16-20-26-32-40-48-56-70(5)6)64-88-75(80)58-50-42-33-27-21-15-11-13-19-25-31-39-47-55-69(3)4/h68-74,79H,9-67H2,1-8H3,(H,84,85)(H,86,87)/t72?,73-,74-/m1/s1. The Bertz CT molecular complexity index is 1900. The van der Waals surface area contributed by atoms with Gasteiger partial charge in [-0.1, -0.05) is 344 Å². The fourth-order valence-corrected chi connectivity index (χ4v) is 13.5. The number of ether oxygens (including phenoxy) is 4. The molecule has 3 N–H and O–H groups in total. The van der Waals surface area contributed by atoms with E-state index in [1.54, 1.807) is 0 Å². The summed E-state index contributed by atoms with van der Waals surface area (Å²) >= 11 is 0. The zero-order valence-corrected chi connectivity index (χ0v) is 65.5. The van der Waals surface area contributed by atoms with Crippen molar-refractivity contribution in [1.82, 2.24) is 0 Å². The molecular weight excluding hydrogens is 1270 g/mol. The first-order chi connectivity index (χ1) is 46.6. The molecule has 0 amide bonds. The molecule has 0 saturated heterocycles. The van der Waals surface area contributed by atoms with Crippen LogP contribution in [0.3, 0.4) is 0 Å². The Kier molecular flexibility index (Phi) is 65.9. The van der Waals surface area contributed by atoms with Gasteiger partial charge in [-0.2, -0.15) is 0 Å². The minimum absolute atomic E-state index is 0.106. The van der Waals surface area contributed by atoms with Crippen LogP contribution in [0.4, 0.5) is 0 Å². The third-order valence-electron chi connectivity index (χ3n) is 18.1. The zero-order chi connectivity index (χ0) is 71.7. The van der Waals surface area contributed by atoms with Crippen LogP contribution in [0.1, 0.15) is 396 Å². The van der Waals surface area contributed by atoms with E-state index >= 15 is 0 Å². The molecule has 0 spiro atoms. The smallest absolute Gasteiger partial charge is 0.462 e. The van der Waals surface area contributed by atoms with Crippen molar-refractivity contribution in [2.24, 2.45) is 23.7 Å². The monoisotopic (exact) mass is 1420 g/mol. The van der Waals surface area contributed by atoms with E-state index in [0.717, 1.165) is 114 Å². The second-order valence-electron chi connectivity index (χ2n) is 30.0. The molecule has 0 heterocycles. The third kappa shape index (κ3) is 72.2. The van der Waals surface area contributed by atoms with Crippen LogP contribution in [-0.2, 0) is 65.4 Å². The lowest BCUT2D eigenvalue weighted by atomic mass is 10.0. The summed E-state index contributed by atoms with van der Waals surface area (Å²) in [5.74, 6) is 0.923. The van der Waals surface area contributed by atoms with Crippen LogP contribution in [0.2, 0.25) is 0 Å². The number of carbonyl (C=O) groups is 4. The molecule has 3 unspecified atom stereocenters. The number of hydrogen-bond donors (Lipinski definition) is 3. The van der Waals surface area contributed by atoms with Gasteiger partial charge in [-0.3, -0.25) is 37.3 Å². The van der Waals surface area contributed by atoms with Gasteiger partial charge >= 0.3 is 39.5 Å². The molecule has 19 heteroatoms. The molecular formula is C78H152O17P2. The molecule has 0 aromatic carbocycles. The fourth-order valence-electron chi connectivity index (χ4n) is 11.9. The maximum absolute atomic E-state index is 13.1. The van der Waals surface area contributed by atoms with Crippen LogP contribution in [0.5, 0.6) is 0 Å². The van der Waals surface area contributed by atoms with Gasteiger partial charge in [0.15, 0.2) is 12.2 Å². The third-order valence-corrected chi connectivity index (χ3v) is 20.0. The molecule has 576 valence electrons. The molecule has 0 aliphatic rings. The highest BCUT2D eigenvalue weighted by molar-refractivity contribution is 7.47. The number of esters is 4. The van der Waals surface area contributed by atoms with Crippen LogP contribution in [0, 0.1) is 23.7 Å². The Morgan fingerprint density at radius 1 is 0.258 bits per heavy atom. The lowest BCUT2D eigenvalue weighted by Gasteiger charge is -2.21. The fraction of sp³-hybridized carbons (Fsp3) is 0.949. The predicted molar refractivity (Wildman–Crippen MR) is 395 cm³/mol. The average Bonchev–Trinajstić information content (AvgIpc) is 1.39. The van der Waals surface area contributed by atoms with Gasteiger partial charge in [0.25, 0.3) is 0 Å². The topological polar surface area (TPSA) is 237 Å². The Labute approximate surface area is 594 Å². The van der Waals surface area contributed by atoms with Gasteiger partial charge in [-0.05, 0) is 49.4 Å². The van der Waals surface area contributed by atoms with E-state index in [1.165, 1.54) is 193 Å². The second-order valence-corrected chi connectivity index (χ2v) is 32.9. The summed E-state index contributed by atoms with van der Waals surface area (Å²) in [6.07, 6.45) is 52.8. The Hall–Kier alpha value is -1.94. The number of aliphatic hydroxyl groups excluding tert-OH is 1. The molecule has 0 rings (SSSR count). The number of phosphoric acid groups is 2. The summed E-state index contributed by atoms with van der Waals surface area (Å²) in [5.41, 5.74) is 0. The van der Waals surface area contributed by atoms with Crippen molar-refractivity contribution in [3.8, 4) is 0 Å². The first kappa shape index (κ1) is 95.1. The summed E-state index contributed by atoms with van der Waals surface area (Å²) in [6.45, 7) is 14.2. The van der Waals surface area contributed by atoms with Crippen LogP contribution in [-0.4, -0.2) is 96.7 Å². The van der Waals surface area contributed by atoms with E-state index in [-0.39, 0.29) is 25.7 Å². The number of hydrogen-bond acceptors (Lipinski definition) is 15. The first-order valence-corrected chi connectivity index (χ1v) is 43.2. The summed E-state index contributed by atoms with van der Waals surface area (Å²) in [5, 5.41) is 10.6. The Morgan fingerprint density at radius 2 is 0.433 bits per heavy atom. The maximum Gasteiger partial charge on any atom is 0.472 e. The first-order valence-electron chi connectivity index (χ1n) is 40.2. The van der Waals surface area contributed by atoms with Gasteiger partial charge in [0.2, 0.25) is 0 Å². The number of aliphatic hydroxyl groups is 1. The van der Waals surface area contributed by atoms with Crippen molar-refractivity contribution in [1.29, 1.82) is 0 Å². The van der Waals surface area contributed by atoms with Gasteiger partial charge < -0.3 is 33.8 Å². The van der Waals surface area contributed by atoms with Gasteiger partial charge in [-0.25, -0.2) is 9.13 Å². The number of carbonyl (C=O) groups excluding carboxylic acids is 4. The van der Waals surface area contributed by atoms with Crippen molar-refractivity contribution < 1.29 is 80.2 Å². The number of phosphoric ester groups is 2. The van der Waals surface area contributed by atoms with E-state index in [9.17, 15) is 43.2 Å². The average molecular weight is 1420 g/mol. The molecule has 0 aliphatic carbocycles. The van der Waals surface area contributed by atoms with Gasteiger partial charge in [0.1, 0.15) is 19.3 Å². The van der Waals surface area contributed by atoms with Crippen LogP contribution >= 0.6 is 15.6 Å². The highest BCUT2D eigenvalue weighted by Gasteiger charge is 2.30. The molecule has 0 aromatic rings. The lowest BCUT2D eigenvalue weighted by molar-refractivity contribution is -0.161. The highest BCUT2D eigenvalue weighted by atomic mass is 31.2. The quantitative estimate of drug-likeness (QED) is 0.0222. The number of rotatable bonds is 75. The van der Waals surface area contributed by atoms with Gasteiger partial charge in [-0.15, -0.1) is 0 Å². The molecule has 0 bridgehead atoms. The zero-order valence-electron chi connectivity index (χ0n) is 63.7. The summed E-state index contributed by atoms with van der Waals surface area (Å²) in [7, 11) is -9.92. The van der Waals surface area contributed by atoms with Crippen LogP contribution in [0.15, 0.2) is 0 Å². The minimum Gasteiger partial charge on any atom is -0.462 e. The van der Waals surface area contributed by atoms with E-state index in [0.29, 0.717) is 31.6 Å². The molecule has 5 atom stereocenters. The predicted octanol–water partition coefficient (Wildman–Crippen LogP) is 22.8. The molecule has 0 aromatic heterocycles. The normalized spacial score (nSPS) is 14.1. The highest BCUT2D eigenvalue weighted by Crippen LogP contribution is 2.45. The maximum atomic E-state index is 13.1. The van der Waals surface area contributed by atoms with Crippen molar-refractivity contribution in [3.63, 3.8) is 0 Å². The summed E-state index contributed by atoms with van der Waals surface area (Å²) < 4.78 is 68.6. The largest absolute Gasteiger partial charge is 0.472 e. The SMILES string of the molecule is CC(C)CCCCCCCCCCCCCCCCC(=O)O[C@H](COC(=O)CCCCCCCCC(C)C)COP(=O)(O)OCC(O)COP(=O)(O)OC[C@@H](COC(=O)CCCCCCCCCCCCCCCC(C)C)OC(=O)CCCCCCCCCCCCCCC(C)C. The van der Waals surface area contributed by atoms with E-state index in [2.05, 4.69) is 55.4 Å². The van der Waals surface area contributed by atoms with Crippen molar-refractivity contribution >= 4 is 39.5 Å². The number of unbranched alkanes of at least 4 members (excludes halogenated alkanes) is 41. The molecule has 0 fully saturated rings. The van der Waals surface area contributed by atoms with Crippen molar-refractivity contribution in [3.05, 3.63) is 0 Å². The van der Waals surface area contributed by atoms with Crippen LogP contribution < -0.4 is 0 Å². The molecule has 17 nitrogen and oxygen atoms in total. The van der Waals surface area contributed by atoms with Crippen molar-refractivity contribution in [2.75, 3.05) is 39.6 Å². The molecule has 0 radical (unpaired) electrons. The minimum atomic E-state index is -4.96. The van der Waals surface area contributed by atoms with Gasteiger partial charge in [0.05, 0.1) is 26.4 Å². The van der Waals surface area contributed by atoms with Crippen molar-refractivity contribution in [2.45, 2.75) is 414 Å². The van der Waals surface area contributed by atoms with Gasteiger partial charge in [0, 0.05) is 25.7 Å². The Morgan fingerprint density at radius 3 is 0.639 bits per heavy atom. The van der Waals surface area contributed by atoms with E-state index in [4.69, 9.17) is 37.0 Å². The summed E-state index contributed by atoms with van der Waals surface area (Å²) in [6, 6.07) is 0. The molecule has 0 saturated carbocycles. The Balaban J connectivity index is 5.23. The second kappa shape index (κ2) is 67.2. The lowest BCUT2D eigenvalue weighted by Crippen LogP contribution is -2.30. The molecule has 0 aliphatic heterocycles. The van der Waals surface area contributed by atoms with E-state index < -0.39 is 97.5 Å². The van der Waals surface area contributed by atoms with Crippen LogP contribution in [0.25, 0.3) is 0 Å². The summed E-state index contributed by atoms with van der Waals surface area (Å²) in [4.78, 5) is 72.9. The van der Waals surface area contributed by atoms with E-state index in [1.807, 2.05) is 0 Å². The molecule has 97 heavy (non-hydrogen) atoms.